The van der Waals surface area contributed by atoms with Crippen molar-refractivity contribution in [2.24, 2.45) is 0 Å². The van der Waals surface area contributed by atoms with Crippen molar-refractivity contribution in [3.8, 4) is 5.82 Å². The standard InChI is InChI=1S/C22H26N6O/c1-15-6-5-7-19(12-15)22(29)27-10-8-26(9-11-27)20-14-21(24-18(4)23-20)28-17(3)13-16(2)25-28/h5-7,12-14H,8-11H2,1-4H3. The van der Waals surface area contributed by atoms with E-state index >= 15 is 0 Å². The molecule has 3 heterocycles. The van der Waals surface area contributed by atoms with Crippen LogP contribution in [0, 0.1) is 27.7 Å². The van der Waals surface area contributed by atoms with E-state index in [-0.39, 0.29) is 5.91 Å². The summed E-state index contributed by atoms with van der Waals surface area (Å²) in [5, 5.41) is 4.54. The van der Waals surface area contributed by atoms with Crippen LogP contribution in [-0.4, -0.2) is 56.7 Å². The van der Waals surface area contributed by atoms with Gasteiger partial charge in [-0.2, -0.15) is 5.10 Å². The maximum Gasteiger partial charge on any atom is 0.253 e. The predicted octanol–water partition coefficient (Wildman–Crippen LogP) is 2.86. The fraction of sp³-hybridized carbons (Fsp3) is 0.364. The molecule has 29 heavy (non-hydrogen) atoms. The molecule has 0 radical (unpaired) electrons. The van der Waals surface area contributed by atoms with Crippen LogP contribution in [0.4, 0.5) is 5.82 Å². The van der Waals surface area contributed by atoms with Crippen LogP contribution in [0.15, 0.2) is 36.4 Å². The number of anilines is 1. The lowest BCUT2D eigenvalue weighted by atomic mass is 10.1. The third-order valence-corrected chi connectivity index (χ3v) is 5.19. The molecule has 2 aromatic heterocycles. The van der Waals surface area contributed by atoms with E-state index in [9.17, 15) is 4.79 Å². The van der Waals surface area contributed by atoms with Crippen LogP contribution in [0.5, 0.6) is 0 Å². The van der Waals surface area contributed by atoms with Crippen LogP contribution in [0.2, 0.25) is 0 Å². The Balaban J connectivity index is 1.50. The summed E-state index contributed by atoms with van der Waals surface area (Å²) in [7, 11) is 0. The molecule has 0 spiro atoms. The monoisotopic (exact) mass is 390 g/mol. The molecule has 3 aromatic rings. The van der Waals surface area contributed by atoms with Gasteiger partial charge in [0, 0.05) is 43.5 Å². The molecule has 1 saturated heterocycles. The molecule has 0 bridgehead atoms. The third-order valence-electron chi connectivity index (χ3n) is 5.19. The number of carbonyl (C=O) groups is 1. The molecule has 1 aliphatic heterocycles. The molecular formula is C22H26N6O. The lowest BCUT2D eigenvalue weighted by Gasteiger charge is -2.35. The average molecular weight is 390 g/mol. The Kier molecular flexibility index (Phi) is 5.05. The molecule has 0 N–H and O–H groups in total. The summed E-state index contributed by atoms with van der Waals surface area (Å²) in [5.74, 6) is 2.46. The second-order valence-corrected chi connectivity index (χ2v) is 7.62. The minimum absolute atomic E-state index is 0.0931. The quantitative estimate of drug-likeness (QED) is 0.688. The molecule has 4 rings (SSSR count). The summed E-state index contributed by atoms with van der Waals surface area (Å²) in [4.78, 5) is 26.1. The molecule has 0 atom stereocenters. The van der Waals surface area contributed by atoms with Gasteiger partial charge in [0.2, 0.25) is 0 Å². The minimum Gasteiger partial charge on any atom is -0.353 e. The molecule has 7 nitrogen and oxygen atoms in total. The van der Waals surface area contributed by atoms with Gasteiger partial charge in [0.1, 0.15) is 11.6 Å². The van der Waals surface area contributed by atoms with Gasteiger partial charge in [0.25, 0.3) is 5.91 Å². The van der Waals surface area contributed by atoms with E-state index < -0.39 is 0 Å². The number of rotatable bonds is 3. The second kappa shape index (κ2) is 7.66. The van der Waals surface area contributed by atoms with Crippen LogP contribution in [0.1, 0.15) is 33.1 Å². The predicted molar refractivity (Wildman–Crippen MR) is 113 cm³/mol. The lowest BCUT2D eigenvalue weighted by molar-refractivity contribution is 0.0746. The number of aromatic nitrogens is 4. The second-order valence-electron chi connectivity index (χ2n) is 7.62. The number of hydrogen-bond donors (Lipinski definition) is 0. The molecule has 1 aromatic carbocycles. The zero-order valence-electron chi connectivity index (χ0n) is 17.4. The molecule has 1 aliphatic rings. The van der Waals surface area contributed by atoms with Crippen molar-refractivity contribution in [3.05, 3.63) is 64.7 Å². The highest BCUT2D eigenvalue weighted by Gasteiger charge is 2.23. The van der Waals surface area contributed by atoms with E-state index in [2.05, 4.69) is 20.0 Å². The highest BCUT2D eigenvalue weighted by atomic mass is 16.2. The zero-order valence-corrected chi connectivity index (χ0v) is 17.4. The summed E-state index contributed by atoms with van der Waals surface area (Å²) in [6, 6.07) is 11.8. The van der Waals surface area contributed by atoms with Gasteiger partial charge < -0.3 is 9.80 Å². The Labute approximate surface area is 171 Å². The minimum atomic E-state index is 0.0931. The van der Waals surface area contributed by atoms with Crippen LogP contribution < -0.4 is 4.90 Å². The maximum atomic E-state index is 12.8. The molecule has 1 fully saturated rings. The van der Waals surface area contributed by atoms with Crippen LogP contribution in [0.25, 0.3) is 5.82 Å². The summed E-state index contributed by atoms with van der Waals surface area (Å²) >= 11 is 0. The summed E-state index contributed by atoms with van der Waals surface area (Å²) in [5.41, 5.74) is 3.86. The van der Waals surface area contributed by atoms with Crippen LogP contribution in [0.3, 0.4) is 0 Å². The van der Waals surface area contributed by atoms with Crippen LogP contribution in [-0.2, 0) is 0 Å². The van der Waals surface area contributed by atoms with Crippen molar-refractivity contribution < 1.29 is 4.79 Å². The SMILES string of the molecule is Cc1cccc(C(=O)N2CCN(c3cc(-n4nc(C)cc4C)nc(C)n3)CC2)c1. The Morgan fingerprint density at radius 2 is 1.62 bits per heavy atom. The first-order chi connectivity index (χ1) is 13.9. The molecule has 150 valence electrons. The first kappa shape index (κ1) is 19.1. The van der Waals surface area contributed by atoms with Crippen molar-refractivity contribution in [1.82, 2.24) is 24.6 Å². The summed E-state index contributed by atoms with van der Waals surface area (Å²) < 4.78 is 1.85. The van der Waals surface area contributed by atoms with Crippen LogP contribution >= 0.6 is 0 Å². The number of nitrogens with zero attached hydrogens (tertiary/aromatic N) is 6. The topological polar surface area (TPSA) is 67.2 Å². The molecule has 0 saturated carbocycles. The van der Waals surface area contributed by atoms with Crippen molar-refractivity contribution in [1.29, 1.82) is 0 Å². The number of carbonyl (C=O) groups excluding carboxylic acids is 1. The smallest absolute Gasteiger partial charge is 0.253 e. The molecule has 1 amide bonds. The molecule has 0 unspecified atom stereocenters. The van der Waals surface area contributed by atoms with Gasteiger partial charge in [0.15, 0.2) is 5.82 Å². The normalized spacial score (nSPS) is 14.3. The Morgan fingerprint density at radius 1 is 0.897 bits per heavy atom. The van der Waals surface area contributed by atoms with Gasteiger partial charge in [-0.1, -0.05) is 17.7 Å². The Morgan fingerprint density at radius 3 is 2.28 bits per heavy atom. The fourth-order valence-corrected chi connectivity index (χ4v) is 3.77. The molecule has 7 heteroatoms. The first-order valence-electron chi connectivity index (χ1n) is 9.91. The van der Waals surface area contributed by atoms with E-state index in [1.54, 1.807) is 0 Å². The third kappa shape index (κ3) is 3.99. The Bertz CT molecular complexity index is 1050. The average Bonchev–Trinajstić information content (AvgIpc) is 3.05. The molecule has 0 aliphatic carbocycles. The summed E-state index contributed by atoms with van der Waals surface area (Å²) in [6.07, 6.45) is 0. The number of amides is 1. The van der Waals surface area contributed by atoms with Crippen molar-refractivity contribution in [2.75, 3.05) is 31.1 Å². The largest absolute Gasteiger partial charge is 0.353 e. The van der Waals surface area contributed by atoms with Crippen molar-refractivity contribution in [3.63, 3.8) is 0 Å². The van der Waals surface area contributed by atoms with E-state index in [0.29, 0.717) is 18.9 Å². The van der Waals surface area contributed by atoms with E-state index in [0.717, 1.165) is 47.2 Å². The van der Waals surface area contributed by atoms with Gasteiger partial charge in [-0.15, -0.1) is 0 Å². The van der Waals surface area contributed by atoms with Gasteiger partial charge in [0.05, 0.1) is 5.69 Å². The number of hydrogen-bond acceptors (Lipinski definition) is 5. The van der Waals surface area contributed by atoms with Crippen molar-refractivity contribution >= 4 is 11.7 Å². The highest BCUT2D eigenvalue weighted by Crippen LogP contribution is 2.19. The lowest BCUT2D eigenvalue weighted by Crippen LogP contribution is -2.49. The fourth-order valence-electron chi connectivity index (χ4n) is 3.77. The van der Waals surface area contributed by atoms with E-state index in [1.807, 2.05) is 73.7 Å². The number of benzene rings is 1. The first-order valence-corrected chi connectivity index (χ1v) is 9.91. The number of aryl methyl sites for hydroxylation is 4. The van der Waals surface area contributed by atoms with E-state index in [1.165, 1.54) is 0 Å². The highest BCUT2D eigenvalue weighted by molar-refractivity contribution is 5.94. The summed E-state index contributed by atoms with van der Waals surface area (Å²) in [6.45, 7) is 10.7. The zero-order chi connectivity index (χ0) is 20.5. The molecular weight excluding hydrogens is 364 g/mol. The van der Waals surface area contributed by atoms with Gasteiger partial charge in [-0.25, -0.2) is 14.6 Å². The van der Waals surface area contributed by atoms with Gasteiger partial charge >= 0.3 is 0 Å². The van der Waals surface area contributed by atoms with Gasteiger partial charge in [-0.05, 0) is 45.9 Å². The number of piperazine rings is 1. The van der Waals surface area contributed by atoms with Gasteiger partial charge in [-0.3, -0.25) is 4.79 Å². The Hall–Kier alpha value is -3.22. The van der Waals surface area contributed by atoms with Crippen molar-refractivity contribution in [2.45, 2.75) is 27.7 Å². The maximum absolute atomic E-state index is 12.8. The van der Waals surface area contributed by atoms with E-state index in [4.69, 9.17) is 0 Å².